The summed E-state index contributed by atoms with van der Waals surface area (Å²) in [7, 11) is 0. The maximum atomic E-state index is 12.2. The highest BCUT2D eigenvalue weighted by Gasteiger charge is 2.16. The van der Waals surface area contributed by atoms with Crippen molar-refractivity contribution in [2.24, 2.45) is 0 Å². The molecule has 7 nitrogen and oxygen atoms in total. The predicted octanol–water partition coefficient (Wildman–Crippen LogP) is 2.61. The van der Waals surface area contributed by atoms with Gasteiger partial charge >= 0.3 is 6.01 Å². The zero-order valence-corrected chi connectivity index (χ0v) is 12.7. The van der Waals surface area contributed by atoms with Gasteiger partial charge in [-0.3, -0.25) is 10.1 Å². The van der Waals surface area contributed by atoms with E-state index in [2.05, 4.69) is 41.7 Å². The zero-order valence-electron chi connectivity index (χ0n) is 11.1. The third-order valence-electron chi connectivity index (χ3n) is 2.39. The fourth-order valence-corrected chi connectivity index (χ4v) is 1.84. The highest BCUT2D eigenvalue weighted by atomic mass is 79.9. The van der Waals surface area contributed by atoms with Crippen LogP contribution >= 0.6 is 15.9 Å². The van der Waals surface area contributed by atoms with E-state index in [0.717, 1.165) is 13.0 Å². The number of carbonyl (C=O) groups excluding carboxylic acids is 1. The van der Waals surface area contributed by atoms with Crippen LogP contribution in [0.4, 0.5) is 11.8 Å². The first-order valence-corrected chi connectivity index (χ1v) is 6.90. The largest absolute Gasteiger partial charge is 0.408 e. The average molecular weight is 340 g/mol. The van der Waals surface area contributed by atoms with Crippen LogP contribution in [0.1, 0.15) is 29.6 Å². The van der Waals surface area contributed by atoms with Crippen LogP contribution in [0.25, 0.3) is 0 Å². The van der Waals surface area contributed by atoms with E-state index >= 15 is 0 Å². The molecule has 1 amide bonds. The molecule has 20 heavy (non-hydrogen) atoms. The number of anilines is 2. The Labute approximate surface area is 124 Å². The lowest BCUT2D eigenvalue weighted by Crippen LogP contribution is -2.16. The van der Waals surface area contributed by atoms with Crippen LogP contribution in [0.2, 0.25) is 0 Å². The molecule has 0 atom stereocenters. The number of nitrogens with zero attached hydrogens (tertiary/aromatic N) is 3. The molecule has 0 unspecified atom stereocenters. The molecule has 2 aromatic rings. The summed E-state index contributed by atoms with van der Waals surface area (Å²) in [5.41, 5.74) is 0.406. The number of rotatable bonds is 5. The Balaban J connectivity index is 2.21. The molecule has 2 aromatic heterocycles. The second-order valence-corrected chi connectivity index (χ2v) is 4.97. The van der Waals surface area contributed by atoms with Crippen molar-refractivity contribution in [2.75, 3.05) is 17.2 Å². The topological polar surface area (TPSA) is 92.9 Å². The number of halogens is 1. The van der Waals surface area contributed by atoms with E-state index in [1.807, 2.05) is 6.92 Å². The molecule has 0 saturated carbocycles. The lowest BCUT2D eigenvalue weighted by Gasteiger charge is -2.09. The van der Waals surface area contributed by atoms with Crippen LogP contribution in [0.15, 0.2) is 21.2 Å². The summed E-state index contributed by atoms with van der Waals surface area (Å²) in [4.78, 5) is 16.4. The molecule has 106 valence electrons. The number of nitrogens with one attached hydrogen (secondary N) is 2. The molecule has 0 saturated heterocycles. The minimum Gasteiger partial charge on any atom is -0.408 e. The number of carbonyl (C=O) groups is 1. The average Bonchev–Trinajstić information content (AvgIpc) is 2.82. The van der Waals surface area contributed by atoms with Crippen molar-refractivity contribution in [1.29, 1.82) is 0 Å². The molecule has 0 aliphatic carbocycles. The molecule has 0 spiro atoms. The van der Waals surface area contributed by atoms with Crippen molar-refractivity contribution < 1.29 is 9.21 Å². The van der Waals surface area contributed by atoms with Crippen LogP contribution in [0.3, 0.4) is 0 Å². The molecule has 0 radical (unpaired) electrons. The summed E-state index contributed by atoms with van der Waals surface area (Å²) in [5, 5.41) is 13.0. The van der Waals surface area contributed by atoms with Crippen molar-refractivity contribution in [3.63, 3.8) is 0 Å². The van der Waals surface area contributed by atoms with Gasteiger partial charge in [-0.25, -0.2) is 4.98 Å². The third kappa shape index (κ3) is 3.53. The van der Waals surface area contributed by atoms with Gasteiger partial charge in [-0.15, -0.1) is 5.10 Å². The Morgan fingerprint density at radius 1 is 1.45 bits per heavy atom. The van der Waals surface area contributed by atoms with Gasteiger partial charge in [0, 0.05) is 24.1 Å². The van der Waals surface area contributed by atoms with Crippen molar-refractivity contribution in [3.8, 4) is 0 Å². The van der Waals surface area contributed by atoms with Crippen molar-refractivity contribution in [3.05, 3.63) is 28.2 Å². The van der Waals surface area contributed by atoms with Gasteiger partial charge in [-0.1, -0.05) is 12.0 Å². The normalized spacial score (nSPS) is 10.3. The second-order valence-electron chi connectivity index (χ2n) is 4.06. The predicted molar refractivity (Wildman–Crippen MR) is 77.7 cm³/mol. The molecule has 0 aromatic carbocycles. The van der Waals surface area contributed by atoms with Gasteiger partial charge in [0.25, 0.3) is 5.91 Å². The van der Waals surface area contributed by atoms with E-state index < -0.39 is 0 Å². The van der Waals surface area contributed by atoms with E-state index in [1.54, 1.807) is 19.2 Å². The first kappa shape index (κ1) is 14.4. The second kappa shape index (κ2) is 6.47. The molecular weight excluding hydrogens is 326 g/mol. The highest BCUT2D eigenvalue weighted by Crippen LogP contribution is 2.19. The SMILES string of the molecule is CCCNc1ncc(Br)cc1C(=O)Nc1nnc(C)o1. The highest BCUT2D eigenvalue weighted by molar-refractivity contribution is 9.10. The van der Waals surface area contributed by atoms with Crippen molar-refractivity contribution in [2.45, 2.75) is 20.3 Å². The van der Waals surface area contributed by atoms with Gasteiger partial charge < -0.3 is 9.73 Å². The first-order valence-electron chi connectivity index (χ1n) is 6.11. The zero-order chi connectivity index (χ0) is 14.5. The van der Waals surface area contributed by atoms with Gasteiger partial charge in [-0.2, -0.15) is 0 Å². The van der Waals surface area contributed by atoms with Crippen LogP contribution in [0, 0.1) is 6.92 Å². The summed E-state index contributed by atoms with van der Waals surface area (Å²) in [6, 6.07) is 1.75. The Hall–Kier alpha value is -1.96. The number of aryl methyl sites for hydroxylation is 1. The summed E-state index contributed by atoms with van der Waals surface area (Å²) in [6.07, 6.45) is 2.56. The van der Waals surface area contributed by atoms with Gasteiger partial charge in [0.2, 0.25) is 5.89 Å². The van der Waals surface area contributed by atoms with Crippen LogP contribution in [-0.4, -0.2) is 27.6 Å². The number of hydrogen-bond donors (Lipinski definition) is 2. The minimum absolute atomic E-state index is 0.0638. The van der Waals surface area contributed by atoms with E-state index in [1.165, 1.54) is 0 Å². The van der Waals surface area contributed by atoms with Gasteiger partial charge in [0.1, 0.15) is 5.82 Å². The quantitative estimate of drug-likeness (QED) is 0.869. The summed E-state index contributed by atoms with van der Waals surface area (Å²) in [5.74, 6) is 0.543. The smallest absolute Gasteiger partial charge is 0.322 e. The van der Waals surface area contributed by atoms with E-state index in [0.29, 0.717) is 21.7 Å². The van der Waals surface area contributed by atoms with Crippen molar-refractivity contribution in [1.82, 2.24) is 15.2 Å². The standard InChI is InChI=1S/C12H14BrN5O2/c1-3-4-14-10-9(5-8(13)6-15-10)11(19)16-12-18-17-7(2)20-12/h5-6H,3-4H2,1-2H3,(H,14,15)(H,16,18,19). The lowest BCUT2D eigenvalue weighted by molar-refractivity contribution is 0.102. The van der Waals surface area contributed by atoms with Gasteiger partial charge in [-0.05, 0) is 28.4 Å². The molecule has 0 fully saturated rings. The van der Waals surface area contributed by atoms with Crippen LogP contribution < -0.4 is 10.6 Å². The maximum Gasteiger partial charge on any atom is 0.322 e. The van der Waals surface area contributed by atoms with Gasteiger partial charge in [0.05, 0.1) is 5.56 Å². The molecular formula is C12H14BrN5O2. The third-order valence-corrected chi connectivity index (χ3v) is 2.82. The Morgan fingerprint density at radius 2 is 2.25 bits per heavy atom. The monoisotopic (exact) mass is 339 g/mol. The Bertz CT molecular complexity index is 614. The minimum atomic E-state index is -0.360. The maximum absolute atomic E-state index is 12.2. The lowest BCUT2D eigenvalue weighted by atomic mass is 10.2. The molecule has 8 heteroatoms. The molecule has 2 rings (SSSR count). The molecule has 0 bridgehead atoms. The number of hydrogen-bond acceptors (Lipinski definition) is 6. The molecule has 2 heterocycles. The summed E-state index contributed by atoms with van der Waals surface area (Å²) >= 11 is 3.30. The van der Waals surface area contributed by atoms with Crippen molar-refractivity contribution >= 4 is 33.7 Å². The molecule has 2 N–H and O–H groups in total. The molecule has 0 aliphatic rings. The van der Waals surface area contributed by atoms with E-state index in [9.17, 15) is 4.79 Å². The first-order chi connectivity index (χ1) is 9.60. The fraction of sp³-hybridized carbons (Fsp3) is 0.333. The fourth-order valence-electron chi connectivity index (χ4n) is 1.51. The van der Waals surface area contributed by atoms with E-state index in [-0.39, 0.29) is 11.9 Å². The summed E-state index contributed by atoms with van der Waals surface area (Å²) in [6.45, 7) is 4.42. The summed E-state index contributed by atoms with van der Waals surface area (Å²) < 4.78 is 5.83. The van der Waals surface area contributed by atoms with Crippen LogP contribution in [0.5, 0.6) is 0 Å². The number of pyridine rings is 1. The van der Waals surface area contributed by atoms with E-state index in [4.69, 9.17) is 4.42 Å². The van der Waals surface area contributed by atoms with Gasteiger partial charge in [0.15, 0.2) is 0 Å². The Morgan fingerprint density at radius 3 is 2.90 bits per heavy atom. The molecule has 0 aliphatic heterocycles. The van der Waals surface area contributed by atoms with Crippen LogP contribution in [-0.2, 0) is 0 Å². The Kier molecular flexibility index (Phi) is 4.67. The number of amides is 1. The number of aromatic nitrogens is 3.